The van der Waals surface area contributed by atoms with Gasteiger partial charge in [0.1, 0.15) is 11.8 Å². The predicted molar refractivity (Wildman–Crippen MR) is 99.2 cm³/mol. The highest BCUT2D eigenvalue weighted by molar-refractivity contribution is 5.96. The fourth-order valence-corrected chi connectivity index (χ4v) is 2.40. The standard InChI is InChI=1S/C20H31NO4/c1-14(2)10-12-25-17-7-5-16(6-8-17)19(22)9-11-21-18(20(23)24)13-15(3)4/h5-8,14-15,18,21H,9-13H2,1-4H3,(H,23,24)/t18-/m0/s1. The summed E-state index contributed by atoms with van der Waals surface area (Å²) in [5.41, 5.74) is 0.619. The van der Waals surface area contributed by atoms with Crippen molar-refractivity contribution in [1.82, 2.24) is 5.32 Å². The highest BCUT2D eigenvalue weighted by atomic mass is 16.5. The predicted octanol–water partition coefficient (Wildman–Crippen LogP) is 3.77. The molecular formula is C20H31NO4. The Morgan fingerprint density at radius 1 is 1.08 bits per heavy atom. The quantitative estimate of drug-likeness (QED) is 0.562. The van der Waals surface area contributed by atoms with E-state index in [9.17, 15) is 14.7 Å². The van der Waals surface area contributed by atoms with Crippen molar-refractivity contribution in [3.63, 3.8) is 0 Å². The van der Waals surface area contributed by atoms with Crippen molar-refractivity contribution >= 4 is 11.8 Å². The Labute approximate surface area is 150 Å². The summed E-state index contributed by atoms with van der Waals surface area (Å²) in [6.45, 7) is 9.28. The maximum atomic E-state index is 12.2. The molecule has 0 amide bonds. The first-order valence-electron chi connectivity index (χ1n) is 9.01. The molecule has 0 aliphatic carbocycles. The molecule has 0 heterocycles. The second-order valence-electron chi connectivity index (χ2n) is 7.20. The van der Waals surface area contributed by atoms with E-state index < -0.39 is 12.0 Å². The van der Waals surface area contributed by atoms with E-state index in [1.165, 1.54) is 0 Å². The van der Waals surface area contributed by atoms with Gasteiger partial charge in [0.2, 0.25) is 0 Å². The Morgan fingerprint density at radius 3 is 2.24 bits per heavy atom. The number of benzene rings is 1. The number of hydrogen-bond acceptors (Lipinski definition) is 4. The van der Waals surface area contributed by atoms with E-state index in [1.54, 1.807) is 24.3 Å². The molecular weight excluding hydrogens is 318 g/mol. The van der Waals surface area contributed by atoms with Gasteiger partial charge in [0.05, 0.1) is 6.61 Å². The number of rotatable bonds is 12. The summed E-state index contributed by atoms with van der Waals surface area (Å²) >= 11 is 0. The van der Waals surface area contributed by atoms with Crippen LogP contribution in [0.2, 0.25) is 0 Å². The van der Waals surface area contributed by atoms with Gasteiger partial charge in [-0.05, 0) is 48.9 Å². The van der Waals surface area contributed by atoms with Gasteiger partial charge in [-0.15, -0.1) is 0 Å². The van der Waals surface area contributed by atoms with Gasteiger partial charge < -0.3 is 15.2 Å². The number of hydrogen-bond donors (Lipinski definition) is 2. The van der Waals surface area contributed by atoms with Crippen LogP contribution in [0.15, 0.2) is 24.3 Å². The topological polar surface area (TPSA) is 75.6 Å². The maximum Gasteiger partial charge on any atom is 0.320 e. The molecule has 0 bridgehead atoms. The van der Waals surface area contributed by atoms with Gasteiger partial charge in [-0.1, -0.05) is 27.7 Å². The first-order valence-corrected chi connectivity index (χ1v) is 9.01. The molecule has 0 saturated heterocycles. The van der Waals surface area contributed by atoms with Crippen molar-refractivity contribution in [1.29, 1.82) is 0 Å². The second-order valence-corrected chi connectivity index (χ2v) is 7.20. The number of aliphatic carboxylic acids is 1. The number of carbonyl (C=O) groups is 2. The molecule has 5 nitrogen and oxygen atoms in total. The normalized spacial score (nSPS) is 12.4. The molecule has 25 heavy (non-hydrogen) atoms. The minimum absolute atomic E-state index is 0.00471. The third-order valence-corrected chi connectivity index (χ3v) is 3.89. The fraction of sp³-hybridized carbons (Fsp3) is 0.600. The number of ether oxygens (including phenoxy) is 1. The lowest BCUT2D eigenvalue weighted by Gasteiger charge is -2.16. The van der Waals surface area contributed by atoms with Crippen molar-refractivity contribution in [3.8, 4) is 5.75 Å². The second kappa shape index (κ2) is 10.9. The van der Waals surface area contributed by atoms with Crippen LogP contribution in [0.4, 0.5) is 0 Å². The number of carboxylic acids is 1. The Morgan fingerprint density at radius 2 is 1.72 bits per heavy atom. The molecule has 0 aliphatic heterocycles. The molecule has 0 unspecified atom stereocenters. The molecule has 1 atom stereocenters. The van der Waals surface area contributed by atoms with E-state index in [2.05, 4.69) is 19.2 Å². The van der Waals surface area contributed by atoms with Crippen LogP contribution in [-0.4, -0.2) is 36.1 Å². The zero-order valence-electron chi connectivity index (χ0n) is 15.7. The average Bonchev–Trinajstić information content (AvgIpc) is 2.53. The molecule has 0 radical (unpaired) electrons. The van der Waals surface area contributed by atoms with Crippen LogP contribution in [0.5, 0.6) is 5.75 Å². The van der Waals surface area contributed by atoms with E-state index >= 15 is 0 Å². The molecule has 0 saturated carbocycles. The highest BCUT2D eigenvalue weighted by Gasteiger charge is 2.18. The molecule has 140 valence electrons. The van der Waals surface area contributed by atoms with Crippen molar-refractivity contribution < 1.29 is 19.4 Å². The van der Waals surface area contributed by atoms with Gasteiger partial charge in [0.25, 0.3) is 0 Å². The molecule has 0 aromatic heterocycles. The molecule has 1 aromatic rings. The van der Waals surface area contributed by atoms with Crippen molar-refractivity contribution in [3.05, 3.63) is 29.8 Å². The van der Waals surface area contributed by atoms with Gasteiger partial charge in [0, 0.05) is 18.5 Å². The molecule has 1 aromatic carbocycles. The SMILES string of the molecule is CC(C)CCOc1ccc(C(=O)CCN[C@@H](CC(C)C)C(=O)O)cc1. The smallest absolute Gasteiger partial charge is 0.320 e. The summed E-state index contributed by atoms with van der Waals surface area (Å²) in [5.74, 6) is 0.767. The summed E-state index contributed by atoms with van der Waals surface area (Å²) in [5, 5.41) is 12.1. The zero-order chi connectivity index (χ0) is 18.8. The highest BCUT2D eigenvalue weighted by Crippen LogP contribution is 2.14. The number of nitrogens with one attached hydrogen (secondary N) is 1. The van der Waals surface area contributed by atoms with Crippen molar-refractivity contribution in [2.75, 3.05) is 13.2 Å². The minimum Gasteiger partial charge on any atom is -0.494 e. The average molecular weight is 349 g/mol. The molecule has 2 N–H and O–H groups in total. The maximum absolute atomic E-state index is 12.2. The van der Waals surface area contributed by atoms with Crippen LogP contribution in [0, 0.1) is 11.8 Å². The largest absolute Gasteiger partial charge is 0.494 e. The Kier molecular flexibility index (Phi) is 9.21. The van der Waals surface area contributed by atoms with Crippen LogP contribution in [0.1, 0.15) is 57.3 Å². The van der Waals surface area contributed by atoms with Crippen LogP contribution >= 0.6 is 0 Å². The Bertz CT molecular complexity index is 537. The molecule has 1 rings (SSSR count). The lowest BCUT2D eigenvalue weighted by atomic mass is 10.0. The van der Waals surface area contributed by atoms with E-state index in [1.807, 2.05) is 13.8 Å². The van der Waals surface area contributed by atoms with Crippen LogP contribution in [0.3, 0.4) is 0 Å². The first kappa shape index (κ1) is 21.2. The number of carbonyl (C=O) groups excluding carboxylic acids is 1. The third-order valence-electron chi connectivity index (χ3n) is 3.89. The Balaban J connectivity index is 2.42. The van der Waals surface area contributed by atoms with E-state index in [0.29, 0.717) is 31.1 Å². The molecule has 0 fully saturated rings. The molecule has 0 aliphatic rings. The van der Waals surface area contributed by atoms with Crippen LogP contribution in [0.25, 0.3) is 0 Å². The first-order chi connectivity index (χ1) is 11.8. The van der Waals surface area contributed by atoms with Gasteiger partial charge in [-0.25, -0.2) is 0 Å². The number of carboxylic acid groups (broad SMARTS) is 1. The van der Waals surface area contributed by atoms with Gasteiger partial charge in [-0.2, -0.15) is 0 Å². The summed E-state index contributed by atoms with van der Waals surface area (Å²) < 4.78 is 5.64. The van der Waals surface area contributed by atoms with E-state index in [-0.39, 0.29) is 18.1 Å². The number of ketones is 1. The lowest BCUT2D eigenvalue weighted by Crippen LogP contribution is -2.38. The summed E-state index contributed by atoms with van der Waals surface area (Å²) in [6, 6.07) is 6.52. The monoisotopic (exact) mass is 349 g/mol. The lowest BCUT2D eigenvalue weighted by molar-refractivity contribution is -0.139. The van der Waals surface area contributed by atoms with Crippen LogP contribution in [-0.2, 0) is 4.79 Å². The third kappa shape index (κ3) is 8.68. The summed E-state index contributed by atoms with van der Waals surface area (Å²) in [7, 11) is 0. The summed E-state index contributed by atoms with van der Waals surface area (Å²) in [6.07, 6.45) is 1.81. The summed E-state index contributed by atoms with van der Waals surface area (Å²) in [4.78, 5) is 23.4. The number of Topliss-reactive ketones (excluding diaryl/α,β-unsaturated/α-hetero) is 1. The minimum atomic E-state index is -0.871. The van der Waals surface area contributed by atoms with Gasteiger partial charge in [-0.3, -0.25) is 9.59 Å². The fourth-order valence-electron chi connectivity index (χ4n) is 2.40. The van der Waals surface area contributed by atoms with Crippen molar-refractivity contribution in [2.24, 2.45) is 11.8 Å². The van der Waals surface area contributed by atoms with Gasteiger partial charge in [0.15, 0.2) is 5.78 Å². The molecule has 0 spiro atoms. The van der Waals surface area contributed by atoms with Crippen LogP contribution < -0.4 is 10.1 Å². The Hall–Kier alpha value is -1.88. The van der Waals surface area contributed by atoms with E-state index in [0.717, 1.165) is 12.2 Å². The molecule has 5 heteroatoms. The van der Waals surface area contributed by atoms with Gasteiger partial charge >= 0.3 is 5.97 Å². The zero-order valence-corrected chi connectivity index (χ0v) is 15.7. The van der Waals surface area contributed by atoms with Crippen molar-refractivity contribution in [2.45, 2.75) is 53.0 Å². The van der Waals surface area contributed by atoms with E-state index in [4.69, 9.17) is 4.74 Å².